The maximum Gasteiger partial charge on any atom is 0.350 e. The lowest BCUT2D eigenvalue weighted by Crippen LogP contribution is -2.21. The van der Waals surface area contributed by atoms with E-state index in [9.17, 15) is 9.59 Å². The van der Waals surface area contributed by atoms with E-state index in [0.717, 1.165) is 16.1 Å². The molecule has 3 aromatic heterocycles. The molecule has 0 saturated carbocycles. The summed E-state index contributed by atoms with van der Waals surface area (Å²) in [7, 11) is 0. The highest BCUT2D eigenvalue weighted by Crippen LogP contribution is 2.26. The topological polar surface area (TPSA) is 81.3 Å². The molecule has 0 aliphatic rings. The van der Waals surface area contributed by atoms with Gasteiger partial charge >= 0.3 is 5.69 Å². The number of carbonyl (C=O) groups is 1. The largest absolute Gasteiger partial charge is 0.350 e. The van der Waals surface area contributed by atoms with Crippen LogP contribution >= 0.6 is 22.9 Å². The van der Waals surface area contributed by atoms with Crippen LogP contribution in [0.5, 0.6) is 0 Å². The molecule has 0 aliphatic carbocycles. The molecule has 158 valence electrons. The molecule has 1 amide bonds. The van der Waals surface area contributed by atoms with E-state index in [2.05, 4.69) is 15.4 Å². The molecule has 0 spiro atoms. The minimum absolute atomic E-state index is 0.217. The van der Waals surface area contributed by atoms with Gasteiger partial charge in [-0.1, -0.05) is 41.9 Å². The highest BCUT2D eigenvalue weighted by atomic mass is 35.5. The average Bonchev–Trinajstić information content (AvgIpc) is 3.40. The van der Waals surface area contributed by atoms with Crippen molar-refractivity contribution in [3.05, 3.63) is 105 Å². The maximum absolute atomic E-state index is 12.7. The standard InChI is InChI=1S/C23H16ClN5O2S/c24-17-7-4-6-16(12-17)22-26-19(14-32-22)21(30)25-18-8-3-5-15(11-18)13-29-23(31)28-10-2-1-9-20(28)27-29/h1-12,14H,13H2,(H,25,30). The Bertz CT molecular complexity index is 1500. The highest BCUT2D eigenvalue weighted by molar-refractivity contribution is 7.13. The van der Waals surface area contributed by atoms with Crippen LogP contribution in [0.1, 0.15) is 16.1 Å². The Balaban J connectivity index is 1.33. The van der Waals surface area contributed by atoms with Crippen molar-refractivity contribution in [1.29, 1.82) is 0 Å². The zero-order valence-electron chi connectivity index (χ0n) is 16.6. The third kappa shape index (κ3) is 4.05. The zero-order chi connectivity index (χ0) is 22.1. The monoisotopic (exact) mass is 461 g/mol. The van der Waals surface area contributed by atoms with E-state index in [1.165, 1.54) is 20.4 Å². The van der Waals surface area contributed by atoms with Crippen LogP contribution in [0.25, 0.3) is 16.2 Å². The van der Waals surface area contributed by atoms with Gasteiger partial charge in [-0.3, -0.25) is 9.20 Å². The molecular formula is C23H16ClN5O2S. The van der Waals surface area contributed by atoms with Crippen molar-refractivity contribution in [2.45, 2.75) is 6.54 Å². The molecule has 5 aromatic rings. The van der Waals surface area contributed by atoms with E-state index in [0.29, 0.717) is 28.6 Å². The number of rotatable bonds is 5. The predicted octanol–water partition coefficient (Wildman–Crippen LogP) is 4.57. The van der Waals surface area contributed by atoms with Crippen molar-refractivity contribution in [3.63, 3.8) is 0 Å². The molecule has 5 rings (SSSR count). The first-order valence-electron chi connectivity index (χ1n) is 9.73. The van der Waals surface area contributed by atoms with Crippen LogP contribution in [0.4, 0.5) is 5.69 Å². The van der Waals surface area contributed by atoms with Crippen LogP contribution in [-0.4, -0.2) is 25.1 Å². The quantitative estimate of drug-likeness (QED) is 0.415. The summed E-state index contributed by atoms with van der Waals surface area (Å²) in [5, 5.41) is 10.3. The van der Waals surface area contributed by atoms with Gasteiger partial charge in [-0.2, -0.15) is 0 Å². The van der Waals surface area contributed by atoms with Gasteiger partial charge < -0.3 is 5.32 Å². The third-order valence-electron chi connectivity index (χ3n) is 4.81. The summed E-state index contributed by atoms with van der Waals surface area (Å²) in [6.45, 7) is 0.292. The van der Waals surface area contributed by atoms with Gasteiger partial charge in [0, 0.05) is 27.9 Å². The second-order valence-corrected chi connectivity index (χ2v) is 8.37. The van der Waals surface area contributed by atoms with Gasteiger partial charge in [0.2, 0.25) is 0 Å². The van der Waals surface area contributed by atoms with E-state index in [4.69, 9.17) is 11.6 Å². The lowest BCUT2D eigenvalue weighted by atomic mass is 10.2. The number of amides is 1. The van der Waals surface area contributed by atoms with E-state index < -0.39 is 0 Å². The van der Waals surface area contributed by atoms with E-state index in [1.807, 2.05) is 42.5 Å². The summed E-state index contributed by atoms with van der Waals surface area (Å²) in [6, 6.07) is 20.1. The Morgan fingerprint density at radius 1 is 1.06 bits per heavy atom. The number of hydrogen-bond donors (Lipinski definition) is 1. The molecule has 0 saturated heterocycles. The molecule has 2 aromatic carbocycles. The van der Waals surface area contributed by atoms with Gasteiger partial charge in [0.15, 0.2) is 5.65 Å². The molecule has 0 aliphatic heterocycles. The van der Waals surface area contributed by atoms with Crippen LogP contribution < -0.4 is 11.0 Å². The fourth-order valence-electron chi connectivity index (χ4n) is 3.32. The van der Waals surface area contributed by atoms with Crippen LogP contribution in [0, 0.1) is 0 Å². The van der Waals surface area contributed by atoms with Gasteiger partial charge in [-0.15, -0.1) is 16.4 Å². The number of anilines is 1. The number of halogens is 1. The smallest absolute Gasteiger partial charge is 0.321 e. The Morgan fingerprint density at radius 2 is 1.94 bits per heavy atom. The van der Waals surface area contributed by atoms with Gasteiger partial charge in [0.1, 0.15) is 10.7 Å². The average molecular weight is 462 g/mol. The number of carbonyl (C=O) groups excluding carboxylic acids is 1. The first-order valence-corrected chi connectivity index (χ1v) is 11.0. The summed E-state index contributed by atoms with van der Waals surface area (Å²) < 4.78 is 2.89. The lowest BCUT2D eigenvalue weighted by Gasteiger charge is -2.06. The van der Waals surface area contributed by atoms with Crippen molar-refractivity contribution >= 4 is 40.2 Å². The number of fused-ring (bicyclic) bond motifs is 1. The molecule has 9 heteroatoms. The molecule has 7 nitrogen and oxygen atoms in total. The SMILES string of the molecule is O=C(Nc1cccc(Cn2nc3ccccn3c2=O)c1)c1csc(-c2cccc(Cl)c2)n1. The lowest BCUT2D eigenvalue weighted by molar-refractivity contribution is 0.102. The second-order valence-electron chi connectivity index (χ2n) is 7.07. The first-order chi connectivity index (χ1) is 15.6. The molecule has 0 atom stereocenters. The molecule has 0 fully saturated rings. The van der Waals surface area contributed by atoms with Crippen LogP contribution in [0.3, 0.4) is 0 Å². The van der Waals surface area contributed by atoms with Crippen molar-refractivity contribution in [2.24, 2.45) is 0 Å². The Hall–Kier alpha value is -3.75. The molecule has 3 heterocycles. The van der Waals surface area contributed by atoms with Crippen LogP contribution in [0.2, 0.25) is 5.02 Å². The second kappa shape index (κ2) is 8.41. The molecule has 1 N–H and O–H groups in total. The number of pyridine rings is 1. The summed E-state index contributed by atoms with van der Waals surface area (Å²) in [5.74, 6) is -0.309. The van der Waals surface area contributed by atoms with Crippen LogP contribution in [-0.2, 0) is 6.54 Å². The molecule has 0 bridgehead atoms. The number of aromatic nitrogens is 4. The maximum atomic E-state index is 12.7. The minimum Gasteiger partial charge on any atom is -0.321 e. The van der Waals surface area contributed by atoms with Crippen molar-refractivity contribution < 1.29 is 4.79 Å². The minimum atomic E-state index is -0.309. The molecule has 0 unspecified atom stereocenters. The normalized spacial score (nSPS) is 11.0. The fraction of sp³-hybridized carbons (Fsp3) is 0.0435. The summed E-state index contributed by atoms with van der Waals surface area (Å²) in [4.78, 5) is 29.6. The summed E-state index contributed by atoms with van der Waals surface area (Å²) in [6.07, 6.45) is 1.68. The Labute approximate surface area is 191 Å². The summed E-state index contributed by atoms with van der Waals surface area (Å²) in [5.41, 5.74) is 3.01. The van der Waals surface area contributed by atoms with E-state index >= 15 is 0 Å². The number of nitrogens with zero attached hydrogens (tertiary/aromatic N) is 4. The van der Waals surface area contributed by atoms with Crippen molar-refractivity contribution in [2.75, 3.05) is 5.32 Å². The van der Waals surface area contributed by atoms with Crippen molar-refractivity contribution in [3.8, 4) is 10.6 Å². The van der Waals surface area contributed by atoms with E-state index in [-0.39, 0.29) is 11.6 Å². The summed E-state index contributed by atoms with van der Waals surface area (Å²) >= 11 is 7.43. The van der Waals surface area contributed by atoms with Gasteiger partial charge in [-0.05, 0) is 42.0 Å². The molecule has 32 heavy (non-hydrogen) atoms. The van der Waals surface area contributed by atoms with Gasteiger partial charge in [0.05, 0.1) is 6.54 Å². The third-order valence-corrected chi connectivity index (χ3v) is 5.94. The predicted molar refractivity (Wildman–Crippen MR) is 126 cm³/mol. The number of nitrogens with one attached hydrogen (secondary N) is 1. The fourth-order valence-corrected chi connectivity index (χ4v) is 4.31. The first kappa shape index (κ1) is 20.2. The Kier molecular flexibility index (Phi) is 5.30. The number of hydrogen-bond acceptors (Lipinski definition) is 5. The van der Waals surface area contributed by atoms with Gasteiger partial charge in [0.25, 0.3) is 5.91 Å². The van der Waals surface area contributed by atoms with Gasteiger partial charge in [-0.25, -0.2) is 14.5 Å². The van der Waals surface area contributed by atoms with Crippen molar-refractivity contribution in [1.82, 2.24) is 19.2 Å². The molecular weight excluding hydrogens is 446 g/mol. The highest BCUT2D eigenvalue weighted by Gasteiger charge is 2.13. The van der Waals surface area contributed by atoms with Crippen LogP contribution in [0.15, 0.2) is 83.1 Å². The number of benzene rings is 2. The number of thiazole rings is 1. The van der Waals surface area contributed by atoms with E-state index in [1.54, 1.807) is 35.8 Å². The Morgan fingerprint density at radius 3 is 2.78 bits per heavy atom. The molecule has 0 radical (unpaired) electrons. The zero-order valence-corrected chi connectivity index (χ0v) is 18.2.